The van der Waals surface area contributed by atoms with E-state index in [-0.39, 0.29) is 0 Å². The average molecular weight is 260 g/mol. The van der Waals surface area contributed by atoms with Gasteiger partial charge in [0.15, 0.2) is 6.10 Å². The van der Waals surface area contributed by atoms with E-state index in [1.165, 1.54) is 0 Å². The number of carbonyl (C=O) groups is 1. The van der Waals surface area contributed by atoms with Crippen molar-refractivity contribution in [1.29, 1.82) is 0 Å². The van der Waals surface area contributed by atoms with Crippen LogP contribution in [0.25, 0.3) is 0 Å². The van der Waals surface area contributed by atoms with E-state index < -0.39 is 12.3 Å². The fraction of sp³-hybridized carbons (Fsp3) is 0.438. The molecule has 0 N–H and O–H groups in total. The van der Waals surface area contributed by atoms with E-state index >= 15 is 0 Å². The fourth-order valence-corrected chi connectivity index (χ4v) is 1.52. The molecule has 0 aliphatic heterocycles. The molecule has 1 atom stereocenters. The predicted octanol–water partition coefficient (Wildman–Crippen LogP) is 3.63. The first-order chi connectivity index (χ1) is 9.11. The van der Waals surface area contributed by atoms with Crippen LogP contribution < -0.4 is 0 Å². The minimum absolute atomic E-state index is 0.305. The van der Waals surface area contributed by atoms with Crippen LogP contribution in [0.3, 0.4) is 0 Å². The topological polar surface area (TPSA) is 35.5 Å². The van der Waals surface area contributed by atoms with Gasteiger partial charge in [0.2, 0.25) is 0 Å². The largest absolute Gasteiger partial charge is 0.509 e. The molecule has 1 unspecified atom stereocenters. The monoisotopic (exact) mass is 260 g/mol. The van der Waals surface area contributed by atoms with Crippen molar-refractivity contribution in [2.24, 2.45) is 5.92 Å². The summed E-state index contributed by atoms with van der Waals surface area (Å²) in [5.41, 5.74) is 0.906. The van der Waals surface area contributed by atoms with E-state index in [0.29, 0.717) is 18.9 Å². The van der Waals surface area contributed by atoms with Gasteiger partial charge in [-0.3, -0.25) is 0 Å². The van der Waals surface area contributed by atoms with Crippen LogP contribution in [0.1, 0.15) is 32.8 Å². The van der Waals surface area contributed by atoms with Gasteiger partial charge >= 0.3 is 6.16 Å². The van der Waals surface area contributed by atoms with Crippen molar-refractivity contribution in [3.8, 4) is 11.8 Å². The van der Waals surface area contributed by atoms with Crippen LogP contribution in [0.4, 0.5) is 4.79 Å². The molecule has 0 spiro atoms. The van der Waals surface area contributed by atoms with Crippen LogP contribution in [0.15, 0.2) is 30.3 Å². The van der Waals surface area contributed by atoms with Gasteiger partial charge in [0, 0.05) is 5.56 Å². The summed E-state index contributed by atoms with van der Waals surface area (Å²) in [6, 6.07) is 9.63. The SMILES string of the molecule is CCOC(=O)OC(C#Cc1ccccc1)CC(C)C. The third-order valence-electron chi connectivity index (χ3n) is 2.34. The van der Waals surface area contributed by atoms with Gasteiger partial charge in [0.25, 0.3) is 0 Å². The quantitative estimate of drug-likeness (QED) is 0.612. The number of rotatable bonds is 4. The lowest BCUT2D eigenvalue weighted by atomic mass is 10.1. The zero-order valence-corrected chi connectivity index (χ0v) is 11.7. The molecular formula is C16H20O3. The normalized spacial score (nSPS) is 11.4. The zero-order chi connectivity index (χ0) is 14.1. The van der Waals surface area contributed by atoms with Gasteiger partial charge in [-0.2, -0.15) is 0 Å². The maximum atomic E-state index is 11.3. The maximum absolute atomic E-state index is 11.3. The van der Waals surface area contributed by atoms with Crippen LogP contribution in [0.5, 0.6) is 0 Å². The van der Waals surface area contributed by atoms with Gasteiger partial charge in [-0.15, -0.1) is 0 Å². The number of hydrogen-bond acceptors (Lipinski definition) is 3. The fourth-order valence-electron chi connectivity index (χ4n) is 1.52. The molecule has 0 aromatic heterocycles. The van der Waals surface area contributed by atoms with Gasteiger partial charge in [0.1, 0.15) is 0 Å². The molecule has 0 saturated carbocycles. The molecule has 0 saturated heterocycles. The van der Waals surface area contributed by atoms with Gasteiger partial charge < -0.3 is 9.47 Å². The Hall–Kier alpha value is -1.95. The third-order valence-corrected chi connectivity index (χ3v) is 2.34. The van der Waals surface area contributed by atoms with Crippen LogP contribution in [0, 0.1) is 17.8 Å². The lowest BCUT2D eigenvalue weighted by molar-refractivity contribution is 0.0378. The minimum atomic E-state index is -0.657. The van der Waals surface area contributed by atoms with Gasteiger partial charge in [-0.1, -0.05) is 43.9 Å². The minimum Gasteiger partial charge on any atom is -0.435 e. The van der Waals surface area contributed by atoms with E-state index in [4.69, 9.17) is 9.47 Å². The van der Waals surface area contributed by atoms with Crippen molar-refractivity contribution >= 4 is 6.16 Å². The first-order valence-electron chi connectivity index (χ1n) is 6.51. The summed E-state index contributed by atoms with van der Waals surface area (Å²) >= 11 is 0. The Morgan fingerprint density at radius 3 is 2.53 bits per heavy atom. The van der Waals surface area contributed by atoms with Gasteiger partial charge in [0.05, 0.1) is 6.61 Å². The summed E-state index contributed by atoms with van der Waals surface area (Å²) in [7, 11) is 0. The lowest BCUT2D eigenvalue weighted by Gasteiger charge is -2.13. The third kappa shape index (κ3) is 6.52. The molecule has 1 aromatic rings. The Morgan fingerprint density at radius 2 is 1.95 bits per heavy atom. The highest BCUT2D eigenvalue weighted by Gasteiger charge is 2.14. The molecule has 0 fully saturated rings. The summed E-state index contributed by atoms with van der Waals surface area (Å²) in [6.07, 6.45) is -0.395. The second-order valence-electron chi connectivity index (χ2n) is 4.55. The highest BCUT2D eigenvalue weighted by Crippen LogP contribution is 2.09. The zero-order valence-electron chi connectivity index (χ0n) is 11.7. The van der Waals surface area contributed by atoms with Crippen LogP contribution in [-0.2, 0) is 9.47 Å². The maximum Gasteiger partial charge on any atom is 0.509 e. The number of ether oxygens (including phenoxy) is 2. The van der Waals surface area contributed by atoms with E-state index in [9.17, 15) is 4.79 Å². The average Bonchev–Trinajstić information content (AvgIpc) is 2.37. The van der Waals surface area contributed by atoms with Crippen molar-refractivity contribution < 1.29 is 14.3 Å². The molecule has 102 valence electrons. The summed E-state index contributed by atoms with van der Waals surface area (Å²) in [5.74, 6) is 6.39. The van der Waals surface area contributed by atoms with Gasteiger partial charge in [-0.05, 0) is 31.4 Å². The smallest absolute Gasteiger partial charge is 0.435 e. The first-order valence-corrected chi connectivity index (χ1v) is 6.51. The van der Waals surface area contributed by atoms with E-state index in [2.05, 4.69) is 25.7 Å². The number of carbonyl (C=O) groups excluding carboxylic acids is 1. The van der Waals surface area contributed by atoms with Crippen molar-refractivity contribution in [1.82, 2.24) is 0 Å². The van der Waals surface area contributed by atoms with E-state index in [1.54, 1.807) is 6.92 Å². The molecule has 1 aromatic carbocycles. The molecule has 3 nitrogen and oxygen atoms in total. The molecular weight excluding hydrogens is 240 g/mol. The molecule has 1 rings (SSSR count). The van der Waals surface area contributed by atoms with Crippen molar-refractivity contribution in [2.75, 3.05) is 6.61 Å². The van der Waals surface area contributed by atoms with E-state index in [1.807, 2.05) is 30.3 Å². The standard InChI is InChI=1S/C16H20O3/c1-4-18-16(17)19-15(12-13(2)3)11-10-14-8-6-5-7-9-14/h5-9,13,15H,4,12H2,1-3H3. The lowest BCUT2D eigenvalue weighted by Crippen LogP contribution is -2.19. The summed E-state index contributed by atoms with van der Waals surface area (Å²) in [4.78, 5) is 11.3. The summed E-state index contributed by atoms with van der Waals surface area (Å²) in [5, 5.41) is 0. The molecule has 0 aliphatic carbocycles. The Bertz CT molecular complexity index is 440. The molecule has 3 heteroatoms. The predicted molar refractivity (Wildman–Crippen MR) is 74.7 cm³/mol. The molecule has 0 aliphatic rings. The second kappa shape index (κ2) is 8.20. The van der Waals surface area contributed by atoms with Gasteiger partial charge in [-0.25, -0.2) is 4.79 Å². The Labute approximate surface area is 114 Å². The Kier molecular flexibility index (Phi) is 6.52. The van der Waals surface area contributed by atoms with E-state index in [0.717, 1.165) is 5.56 Å². The molecule has 0 radical (unpaired) electrons. The molecule has 19 heavy (non-hydrogen) atoms. The highest BCUT2D eigenvalue weighted by atomic mass is 16.7. The van der Waals surface area contributed by atoms with Crippen LogP contribution in [0.2, 0.25) is 0 Å². The van der Waals surface area contributed by atoms with Crippen LogP contribution in [-0.4, -0.2) is 18.9 Å². The Morgan fingerprint density at radius 1 is 1.26 bits per heavy atom. The van der Waals surface area contributed by atoms with Crippen molar-refractivity contribution in [3.05, 3.63) is 35.9 Å². The summed E-state index contributed by atoms with van der Waals surface area (Å²) < 4.78 is 9.97. The summed E-state index contributed by atoms with van der Waals surface area (Å²) in [6.45, 7) is 6.17. The molecule has 0 amide bonds. The number of benzene rings is 1. The number of hydrogen-bond donors (Lipinski definition) is 0. The Balaban J connectivity index is 2.69. The molecule has 0 bridgehead atoms. The first kappa shape index (κ1) is 15.1. The highest BCUT2D eigenvalue weighted by molar-refractivity contribution is 5.60. The molecule has 0 heterocycles. The van der Waals surface area contributed by atoms with Crippen molar-refractivity contribution in [3.63, 3.8) is 0 Å². The van der Waals surface area contributed by atoms with Crippen molar-refractivity contribution in [2.45, 2.75) is 33.3 Å². The van der Waals surface area contributed by atoms with Crippen LogP contribution >= 0.6 is 0 Å². The second-order valence-corrected chi connectivity index (χ2v) is 4.55.